The van der Waals surface area contributed by atoms with Crippen LogP contribution in [0.4, 0.5) is 16.4 Å². The normalized spacial score (nSPS) is 19.3. The van der Waals surface area contributed by atoms with Crippen LogP contribution in [0.25, 0.3) is 6.08 Å². The zero-order valence-electron chi connectivity index (χ0n) is 14.8. The molecule has 2 amide bonds. The average Bonchev–Trinajstić information content (AvgIpc) is 2.96. The van der Waals surface area contributed by atoms with Gasteiger partial charge in [0.15, 0.2) is 0 Å². The van der Waals surface area contributed by atoms with Crippen molar-refractivity contribution in [2.24, 2.45) is 0 Å². The molecule has 0 aromatic carbocycles. The lowest BCUT2D eigenvalue weighted by molar-refractivity contribution is -0.121. The first-order chi connectivity index (χ1) is 13.1. The summed E-state index contributed by atoms with van der Waals surface area (Å²) in [4.78, 5) is 42.6. The number of hydrogen-bond donors (Lipinski definition) is 0. The molecule has 9 heteroatoms. The summed E-state index contributed by atoms with van der Waals surface area (Å²) < 4.78 is 0. The Balaban J connectivity index is 1.46. The van der Waals surface area contributed by atoms with Gasteiger partial charge in [0.1, 0.15) is 0 Å². The van der Waals surface area contributed by atoms with Gasteiger partial charge in [0.05, 0.1) is 10.6 Å². The van der Waals surface area contributed by atoms with Crippen molar-refractivity contribution in [3.05, 3.63) is 47.4 Å². The molecule has 0 radical (unpaired) electrons. The molecule has 0 unspecified atom stereocenters. The third-order valence-corrected chi connectivity index (χ3v) is 5.48. The molecule has 2 aliphatic rings. The monoisotopic (exact) mass is 382 g/mol. The van der Waals surface area contributed by atoms with Crippen molar-refractivity contribution < 1.29 is 9.59 Å². The fraction of sp³-hybridized carbons (Fsp3) is 0.278. The van der Waals surface area contributed by atoms with Gasteiger partial charge < -0.3 is 9.80 Å². The Morgan fingerprint density at radius 2 is 1.70 bits per heavy atom. The molecule has 2 aromatic rings. The van der Waals surface area contributed by atoms with E-state index in [-0.39, 0.29) is 11.1 Å². The van der Waals surface area contributed by atoms with Gasteiger partial charge in [0.2, 0.25) is 5.95 Å². The summed E-state index contributed by atoms with van der Waals surface area (Å²) in [6.07, 6.45) is 6.92. The van der Waals surface area contributed by atoms with Gasteiger partial charge in [-0.3, -0.25) is 19.5 Å². The van der Waals surface area contributed by atoms with E-state index in [1.807, 2.05) is 12.1 Å². The van der Waals surface area contributed by atoms with Crippen LogP contribution in [-0.4, -0.2) is 64.2 Å². The molecule has 27 heavy (non-hydrogen) atoms. The van der Waals surface area contributed by atoms with Crippen LogP contribution in [0, 0.1) is 0 Å². The highest BCUT2D eigenvalue weighted by Crippen LogP contribution is 2.30. The fourth-order valence-electron chi connectivity index (χ4n) is 2.99. The molecule has 4 heterocycles. The van der Waals surface area contributed by atoms with Crippen molar-refractivity contribution >= 4 is 40.6 Å². The molecule has 4 rings (SSSR count). The predicted molar refractivity (Wildman–Crippen MR) is 104 cm³/mol. The standard InChI is InChI=1S/C18H18N6O2S/c1-22-16(25)15(27-18(22)26)12-13-2-7-20-17(21-13)24-10-8-23(9-11-24)14-3-5-19-6-4-14/h2-7,12H,8-11H2,1H3. The second-order valence-electron chi connectivity index (χ2n) is 6.20. The minimum absolute atomic E-state index is 0.271. The Kier molecular flexibility index (Phi) is 4.76. The van der Waals surface area contributed by atoms with Gasteiger partial charge in [-0.05, 0) is 36.0 Å². The number of rotatable bonds is 3. The van der Waals surface area contributed by atoms with E-state index in [9.17, 15) is 9.59 Å². The largest absolute Gasteiger partial charge is 0.368 e. The number of carbonyl (C=O) groups excluding carboxylic acids is 2. The maximum Gasteiger partial charge on any atom is 0.293 e. The second kappa shape index (κ2) is 7.36. The van der Waals surface area contributed by atoms with Crippen LogP contribution < -0.4 is 9.80 Å². The van der Waals surface area contributed by atoms with Crippen molar-refractivity contribution in [2.45, 2.75) is 0 Å². The number of thioether (sulfide) groups is 1. The Hall–Kier alpha value is -2.94. The topological polar surface area (TPSA) is 82.5 Å². The summed E-state index contributed by atoms with van der Waals surface area (Å²) in [5, 5.41) is -0.271. The molecular formula is C18H18N6O2S. The first kappa shape index (κ1) is 17.5. The molecule has 0 bridgehead atoms. The maximum absolute atomic E-state index is 12.0. The predicted octanol–water partition coefficient (Wildman–Crippen LogP) is 1.86. The summed E-state index contributed by atoms with van der Waals surface area (Å²) >= 11 is 0.929. The molecule has 138 valence electrons. The molecule has 0 spiro atoms. The lowest BCUT2D eigenvalue weighted by atomic mass is 10.2. The molecule has 2 aliphatic heterocycles. The van der Waals surface area contributed by atoms with Gasteiger partial charge in [-0.15, -0.1) is 0 Å². The van der Waals surface area contributed by atoms with E-state index in [2.05, 4.69) is 24.8 Å². The average molecular weight is 382 g/mol. The Bertz CT molecular complexity index is 896. The van der Waals surface area contributed by atoms with Crippen LogP contribution in [0.15, 0.2) is 41.7 Å². The third-order valence-electron chi connectivity index (χ3n) is 4.52. The third kappa shape index (κ3) is 3.63. The Morgan fingerprint density at radius 3 is 2.37 bits per heavy atom. The Morgan fingerprint density at radius 1 is 1.00 bits per heavy atom. The number of carbonyl (C=O) groups is 2. The highest BCUT2D eigenvalue weighted by Gasteiger charge is 2.32. The number of anilines is 2. The molecule has 2 saturated heterocycles. The first-order valence-electron chi connectivity index (χ1n) is 8.56. The quantitative estimate of drug-likeness (QED) is 0.744. The summed E-state index contributed by atoms with van der Waals surface area (Å²) in [5.74, 6) is 0.338. The number of pyridine rings is 1. The zero-order valence-corrected chi connectivity index (χ0v) is 15.6. The number of nitrogens with zero attached hydrogens (tertiary/aromatic N) is 6. The number of likely N-dealkylation sites (N-methyl/N-ethyl adjacent to an activating group) is 1. The molecule has 2 fully saturated rings. The molecular weight excluding hydrogens is 364 g/mol. The number of hydrogen-bond acceptors (Lipinski definition) is 8. The van der Waals surface area contributed by atoms with Gasteiger partial charge >= 0.3 is 0 Å². The number of amides is 2. The van der Waals surface area contributed by atoms with E-state index >= 15 is 0 Å². The minimum atomic E-state index is -0.295. The first-order valence-corrected chi connectivity index (χ1v) is 9.38. The van der Waals surface area contributed by atoms with Gasteiger partial charge in [0.25, 0.3) is 11.1 Å². The fourth-order valence-corrected chi connectivity index (χ4v) is 3.81. The molecule has 2 aromatic heterocycles. The molecule has 0 saturated carbocycles. The van der Waals surface area contributed by atoms with Crippen molar-refractivity contribution in [2.75, 3.05) is 43.0 Å². The second-order valence-corrected chi connectivity index (χ2v) is 7.19. The van der Waals surface area contributed by atoms with Gasteiger partial charge in [-0.1, -0.05) is 0 Å². The summed E-state index contributed by atoms with van der Waals surface area (Å²) in [6.45, 7) is 3.34. The lowest BCUT2D eigenvalue weighted by Crippen LogP contribution is -2.47. The van der Waals surface area contributed by atoms with Gasteiger partial charge in [-0.25, -0.2) is 9.97 Å². The van der Waals surface area contributed by atoms with E-state index in [4.69, 9.17) is 0 Å². The summed E-state index contributed by atoms with van der Waals surface area (Å²) in [6, 6.07) is 5.75. The summed E-state index contributed by atoms with van der Waals surface area (Å²) in [7, 11) is 1.48. The van der Waals surface area contributed by atoms with Crippen LogP contribution in [-0.2, 0) is 4.79 Å². The van der Waals surface area contributed by atoms with Crippen LogP contribution in [0.3, 0.4) is 0 Å². The molecule has 8 nitrogen and oxygen atoms in total. The van der Waals surface area contributed by atoms with Gasteiger partial charge in [0, 0.05) is 57.5 Å². The van der Waals surface area contributed by atoms with E-state index in [0.29, 0.717) is 16.5 Å². The van der Waals surface area contributed by atoms with Crippen molar-refractivity contribution in [1.29, 1.82) is 0 Å². The minimum Gasteiger partial charge on any atom is -0.368 e. The highest BCUT2D eigenvalue weighted by molar-refractivity contribution is 8.18. The number of piperazine rings is 1. The molecule has 0 N–H and O–H groups in total. The van der Waals surface area contributed by atoms with E-state index < -0.39 is 0 Å². The van der Waals surface area contributed by atoms with Crippen LogP contribution in [0.2, 0.25) is 0 Å². The maximum atomic E-state index is 12.0. The highest BCUT2D eigenvalue weighted by atomic mass is 32.2. The van der Waals surface area contributed by atoms with Crippen molar-refractivity contribution in [1.82, 2.24) is 19.9 Å². The molecule has 0 atom stereocenters. The van der Waals surface area contributed by atoms with Crippen LogP contribution in [0.5, 0.6) is 0 Å². The SMILES string of the molecule is CN1C(=O)SC(=Cc2ccnc(N3CCN(c4ccncc4)CC3)n2)C1=O. The number of aromatic nitrogens is 3. The van der Waals surface area contributed by atoms with E-state index in [0.717, 1.165) is 48.5 Å². The number of imide groups is 1. The van der Waals surface area contributed by atoms with E-state index in [1.165, 1.54) is 7.05 Å². The van der Waals surface area contributed by atoms with Crippen LogP contribution in [0.1, 0.15) is 5.69 Å². The molecule has 0 aliphatic carbocycles. The van der Waals surface area contributed by atoms with Crippen LogP contribution >= 0.6 is 11.8 Å². The zero-order chi connectivity index (χ0) is 18.8. The Labute approximate surface area is 160 Å². The lowest BCUT2D eigenvalue weighted by Gasteiger charge is -2.36. The van der Waals surface area contributed by atoms with Crippen molar-refractivity contribution in [3.63, 3.8) is 0 Å². The summed E-state index contributed by atoms with van der Waals surface area (Å²) in [5.41, 5.74) is 1.78. The van der Waals surface area contributed by atoms with E-state index in [1.54, 1.807) is 30.7 Å². The van der Waals surface area contributed by atoms with Gasteiger partial charge in [-0.2, -0.15) is 0 Å². The smallest absolute Gasteiger partial charge is 0.293 e. The van der Waals surface area contributed by atoms with Crippen molar-refractivity contribution in [3.8, 4) is 0 Å².